The second kappa shape index (κ2) is 9.34. The summed E-state index contributed by atoms with van der Waals surface area (Å²) in [6, 6.07) is 2.03. The van der Waals surface area contributed by atoms with Crippen LogP contribution in [0.2, 0.25) is 0 Å². The molecular weight excluding hydrogens is 386 g/mol. The number of nitrogens with zero attached hydrogens (tertiary/aromatic N) is 4. The Morgan fingerprint density at radius 2 is 2.19 bits per heavy atom. The standard InChI is InChI=1S/C17H19N5O3S2/c1-5-7-22-11(4)20-21-17(22)26-9-13(23)19-15-12(8-18)10(3)14(27-15)16(24)25-6-2/h5H,1,6-7,9H2,2-4H3,(H,19,23). The normalized spacial score (nSPS) is 10.3. The van der Waals surface area contributed by atoms with Crippen LogP contribution in [0.15, 0.2) is 17.8 Å². The number of nitrogens with one attached hydrogen (secondary N) is 1. The summed E-state index contributed by atoms with van der Waals surface area (Å²) < 4.78 is 6.84. The minimum absolute atomic E-state index is 0.0891. The number of amides is 1. The summed E-state index contributed by atoms with van der Waals surface area (Å²) >= 11 is 2.27. The maximum absolute atomic E-state index is 12.3. The van der Waals surface area contributed by atoms with E-state index >= 15 is 0 Å². The van der Waals surface area contributed by atoms with Gasteiger partial charge in [-0.15, -0.1) is 28.1 Å². The van der Waals surface area contributed by atoms with E-state index in [1.165, 1.54) is 11.8 Å². The van der Waals surface area contributed by atoms with Crippen molar-refractivity contribution in [3.05, 3.63) is 34.5 Å². The van der Waals surface area contributed by atoms with Crippen LogP contribution in [-0.4, -0.2) is 39.0 Å². The number of allylic oxidation sites excluding steroid dienone is 1. The molecule has 0 aromatic carbocycles. The van der Waals surface area contributed by atoms with Crippen molar-refractivity contribution < 1.29 is 14.3 Å². The van der Waals surface area contributed by atoms with E-state index in [-0.39, 0.29) is 23.8 Å². The molecule has 0 aliphatic rings. The number of anilines is 1. The van der Waals surface area contributed by atoms with Gasteiger partial charge in [-0.2, -0.15) is 5.26 Å². The van der Waals surface area contributed by atoms with Crippen molar-refractivity contribution in [2.24, 2.45) is 0 Å². The first-order valence-corrected chi connectivity index (χ1v) is 9.87. The van der Waals surface area contributed by atoms with Crippen molar-refractivity contribution in [1.29, 1.82) is 5.26 Å². The molecule has 0 radical (unpaired) electrons. The summed E-state index contributed by atoms with van der Waals surface area (Å²) in [4.78, 5) is 24.6. The molecule has 10 heteroatoms. The molecule has 0 spiro atoms. The highest BCUT2D eigenvalue weighted by atomic mass is 32.2. The Kier molecular flexibility index (Phi) is 7.15. The van der Waals surface area contributed by atoms with Gasteiger partial charge in [-0.05, 0) is 26.3 Å². The number of hydrogen-bond donors (Lipinski definition) is 1. The molecule has 0 aliphatic carbocycles. The number of nitriles is 1. The molecule has 0 saturated heterocycles. The van der Waals surface area contributed by atoms with Crippen LogP contribution in [0.4, 0.5) is 5.00 Å². The third-order valence-corrected chi connectivity index (χ3v) is 5.67. The lowest BCUT2D eigenvalue weighted by molar-refractivity contribution is -0.113. The molecule has 2 rings (SSSR count). The molecule has 2 aromatic rings. The SMILES string of the molecule is C=CCn1c(C)nnc1SCC(=O)Nc1sc(C(=O)OCC)c(C)c1C#N. The molecular formula is C17H19N5O3S2. The van der Waals surface area contributed by atoms with Gasteiger partial charge in [0, 0.05) is 6.54 Å². The Labute approximate surface area is 165 Å². The quantitative estimate of drug-likeness (QED) is 0.408. The van der Waals surface area contributed by atoms with Gasteiger partial charge in [0.15, 0.2) is 5.16 Å². The van der Waals surface area contributed by atoms with Crippen LogP contribution in [0.1, 0.15) is 33.5 Å². The maximum Gasteiger partial charge on any atom is 0.348 e. The number of aromatic nitrogens is 3. The average molecular weight is 406 g/mol. The lowest BCUT2D eigenvalue weighted by Crippen LogP contribution is -2.14. The summed E-state index contributed by atoms with van der Waals surface area (Å²) in [5.74, 6) is 0.0159. The van der Waals surface area contributed by atoms with Crippen molar-refractivity contribution in [2.75, 3.05) is 17.7 Å². The molecule has 0 saturated carbocycles. The number of aryl methyl sites for hydroxylation is 1. The molecule has 0 atom stereocenters. The molecule has 0 fully saturated rings. The fourth-order valence-electron chi connectivity index (χ4n) is 2.23. The van der Waals surface area contributed by atoms with Crippen molar-refractivity contribution in [3.63, 3.8) is 0 Å². The van der Waals surface area contributed by atoms with Crippen LogP contribution in [0, 0.1) is 25.2 Å². The minimum atomic E-state index is -0.501. The van der Waals surface area contributed by atoms with Crippen molar-refractivity contribution in [2.45, 2.75) is 32.5 Å². The van der Waals surface area contributed by atoms with Crippen LogP contribution < -0.4 is 5.32 Å². The summed E-state index contributed by atoms with van der Waals surface area (Å²) in [5.41, 5.74) is 0.775. The molecule has 2 aromatic heterocycles. The second-order valence-corrected chi connectivity index (χ2v) is 7.32. The third kappa shape index (κ3) is 4.75. The van der Waals surface area contributed by atoms with Gasteiger partial charge in [-0.3, -0.25) is 4.79 Å². The largest absolute Gasteiger partial charge is 0.462 e. The molecule has 1 amide bonds. The van der Waals surface area contributed by atoms with E-state index in [0.717, 1.165) is 17.2 Å². The number of esters is 1. The molecule has 0 bridgehead atoms. The van der Waals surface area contributed by atoms with E-state index in [2.05, 4.69) is 22.1 Å². The van der Waals surface area contributed by atoms with E-state index in [0.29, 0.717) is 27.1 Å². The number of carbonyl (C=O) groups excluding carboxylic acids is 2. The van der Waals surface area contributed by atoms with Gasteiger partial charge < -0.3 is 14.6 Å². The fourth-order valence-corrected chi connectivity index (χ4v) is 4.09. The predicted octanol–water partition coefficient (Wildman–Crippen LogP) is 2.92. The van der Waals surface area contributed by atoms with Crippen LogP contribution in [-0.2, 0) is 16.1 Å². The van der Waals surface area contributed by atoms with Crippen LogP contribution >= 0.6 is 23.1 Å². The first-order chi connectivity index (χ1) is 12.9. The monoisotopic (exact) mass is 405 g/mol. The number of carbonyl (C=O) groups is 2. The zero-order valence-electron chi connectivity index (χ0n) is 15.2. The molecule has 0 unspecified atom stereocenters. The lowest BCUT2D eigenvalue weighted by atomic mass is 10.2. The van der Waals surface area contributed by atoms with E-state index in [4.69, 9.17) is 4.74 Å². The van der Waals surface area contributed by atoms with Crippen molar-refractivity contribution >= 4 is 40.0 Å². The first-order valence-electron chi connectivity index (χ1n) is 8.06. The molecule has 142 valence electrons. The van der Waals surface area contributed by atoms with Gasteiger partial charge in [0.2, 0.25) is 5.91 Å². The highest BCUT2D eigenvalue weighted by molar-refractivity contribution is 7.99. The summed E-state index contributed by atoms with van der Waals surface area (Å²) in [5, 5.41) is 21.1. The molecule has 8 nitrogen and oxygen atoms in total. The van der Waals surface area contributed by atoms with Gasteiger partial charge in [0.1, 0.15) is 21.8 Å². The van der Waals surface area contributed by atoms with Gasteiger partial charge >= 0.3 is 5.97 Å². The highest BCUT2D eigenvalue weighted by Gasteiger charge is 2.22. The van der Waals surface area contributed by atoms with Gasteiger partial charge in [-0.1, -0.05) is 17.8 Å². The Balaban J connectivity index is 2.10. The van der Waals surface area contributed by atoms with E-state index in [9.17, 15) is 14.9 Å². The zero-order chi connectivity index (χ0) is 20.0. The lowest BCUT2D eigenvalue weighted by Gasteiger charge is -2.05. The molecule has 2 heterocycles. The van der Waals surface area contributed by atoms with E-state index in [1.54, 1.807) is 19.9 Å². The maximum atomic E-state index is 12.3. The Bertz CT molecular complexity index is 911. The number of rotatable bonds is 8. The number of thiophene rings is 1. The zero-order valence-corrected chi connectivity index (χ0v) is 16.9. The highest BCUT2D eigenvalue weighted by Crippen LogP contribution is 2.33. The first kappa shape index (κ1) is 20.7. The van der Waals surface area contributed by atoms with Crippen LogP contribution in [0.25, 0.3) is 0 Å². The minimum Gasteiger partial charge on any atom is -0.462 e. The van der Waals surface area contributed by atoms with Crippen molar-refractivity contribution in [3.8, 4) is 6.07 Å². The van der Waals surface area contributed by atoms with E-state index in [1.807, 2.05) is 17.6 Å². The summed E-state index contributed by atoms with van der Waals surface area (Å²) in [6.45, 7) is 9.67. The Hall–Kier alpha value is -2.64. The summed E-state index contributed by atoms with van der Waals surface area (Å²) in [7, 11) is 0. The Morgan fingerprint density at radius 3 is 2.81 bits per heavy atom. The predicted molar refractivity (Wildman–Crippen MR) is 104 cm³/mol. The fraction of sp³-hybridized carbons (Fsp3) is 0.353. The molecule has 27 heavy (non-hydrogen) atoms. The summed E-state index contributed by atoms with van der Waals surface area (Å²) in [6.07, 6.45) is 1.73. The van der Waals surface area contributed by atoms with Crippen LogP contribution in [0.5, 0.6) is 0 Å². The average Bonchev–Trinajstić information content (AvgIpc) is 3.14. The van der Waals surface area contributed by atoms with E-state index < -0.39 is 5.97 Å². The number of ether oxygens (including phenoxy) is 1. The second-order valence-electron chi connectivity index (χ2n) is 5.36. The smallest absolute Gasteiger partial charge is 0.348 e. The van der Waals surface area contributed by atoms with Gasteiger partial charge in [-0.25, -0.2) is 4.79 Å². The number of thioether (sulfide) groups is 1. The van der Waals surface area contributed by atoms with Gasteiger partial charge in [0.25, 0.3) is 0 Å². The Morgan fingerprint density at radius 1 is 1.44 bits per heavy atom. The van der Waals surface area contributed by atoms with Crippen LogP contribution in [0.3, 0.4) is 0 Å². The molecule has 1 N–H and O–H groups in total. The topological polar surface area (TPSA) is 110 Å². The van der Waals surface area contributed by atoms with Gasteiger partial charge in [0.05, 0.1) is 17.9 Å². The van der Waals surface area contributed by atoms with Crippen molar-refractivity contribution in [1.82, 2.24) is 14.8 Å². The molecule has 0 aliphatic heterocycles. The third-order valence-electron chi connectivity index (χ3n) is 3.52. The number of hydrogen-bond acceptors (Lipinski definition) is 8.